The Bertz CT molecular complexity index is 1580. The van der Waals surface area contributed by atoms with Crippen molar-refractivity contribution in [1.82, 2.24) is 9.55 Å². The van der Waals surface area contributed by atoms with Gasteiger partial charge in [0, 0.05) is 34.9 Å². The number of aromatic nitrogens is 2. The molecule has 0 saturated carbocycles. The minimum absolute atomic E-state index is 0.223. The van der Waals surface area contributed by atoms with Gasteiger partial charge >= 0.3 is 5.97 Å². The molecular formula is C31H26N2O3. The van der Waals surface area contributed by atoms with Crippen LogP contribution in [0, 0.1) is 13.8 Å². The number of carbonyl (C=O) groups is 2. The SMILES string of the molecule is Cc1cc(C(=O)COC(=O)c2cc(-c3ccc(-c4ccccc4)cc3)nc3ccccc23)c(C)n1C. The Morgan fingerprint density at radius 2 is 1.42 bits per heavy atom. The molecule has 178 valence electrons. The molecule has 5 rings (SSSR count). The highest BCUT2D eigenvalue weighted by atomic mass is 16.5. The molecule has 2 aromatic heterocycles. The van der Waals surface area contributed by atoms with Gasteiger partial charge in [-0.3, -0.25) is 4.79 Å². The van der Waals surface area contributed by atoms with Crippen molar-refractivity contribution in [2.45, 2.75) is 13.8 Å². The van der Waals surface area contributed by atoms with Crippen LogP contribution in [0.25, 0.3) is 33.3 Å². The fraction of sp³-hybridized carbons (Fsp3) is 0.129. The number of Topliss-reactive ketones (excluding diaryl/α,β-unsaturated/α-hetero) is 1. The summed E-state index contributed by atoms with van der Waals surface area (Å²) in [4.78, 5) is 30.7. The van der Waals surface area contributed by atoms with Gasteiger partial charge in [0.15, 0.2) is 6.61 Å². The Morgan fingerprint density at radius 3 is 2.11 bits per heavy atom. The van der Waals surface area contributed by atoms with Crippen molar-refractivity contribution in [1.29, 1.82) is 0 Å². The summed E-state index contributed by atoms with van der Waals surface area (Å²) in [6.07, 6.45) is 0. The number of ether oxygens (including phenoxy) is 1. The Kier molecular flexibility index (Phi) is 6.21. The lowest BCUT2D eigenvalue weighted by atomic mass is 10.0. The number of hydrogen-bond donors (Lipinski definition) is 0. The van der Waals surface area contributed by atoms with Gasteiger partial charge in [-0.2, -0.15) is 0 Å². The normalized spacial score (nSPS) is 11.0. The number of esters is 1. The molecule has 5 heteroatoms. The van der Waals surface area contributed by atoms with E-state index in [9.17, 15) is 9.59 Å². The number of rotatable bonds is 6. The second-order valence-corrected chi connectivity index (χ2v) is 8.86. The Labute approximate surface area is 210 Å². The summed E-state index contributed by atoms with van der Waals surface area (Å²) < 4.78 is 7.44. The number of nitrogens with zero attached hydrogens (tertiary/aromatic N) is 2. The third kappa shape index (κ3) is 4.43. The van der Waals surface area contributed by atoms with Crippen LogP contribution in [-0.2, 0) is 11.8 Å². The highest BCUT2D eigenvalue weighted by Gasteiger charge is 2.19. The number of aryl methyl sites for hydroxylation is 1. The van der Waals surface area contributed by atoms with Crippen LogP contribution >= 0.6 is 0 Å². The van der Waals surface area contributed by atoms with Gasteiger partial charge in [-0.1, -0.05) is 72.8 Å². The number of para-hydroxylation sites is 1. The third-order valence-corrected chi connectivity index (χ3v) is 6.63. The van der Waals surface area contributed by atoms with Crippen molar-refractivity contribution in [2.75, 3.05) is 6.61 Å². The van der Waals surface area contributed by atoms with Crippen LogP contribution < -0.4 is 0 Å². The molecule has 0 fully saturated rings. The molecule has 0 aliphatic rings. The van der Waals surface area contributed by atoms with E-state index >= 15 is 0 Å². The zero-order chi connectivity index (χ0) is 25.2. The van der Waals surface area contributed by atoms with Crippen LogP contribution in [0.2, 0.25) is 0 Å². The summed E-state index contributed by atoms with van der Waals surface area (Å²) in [5.41, 5.74) is 7.27. The Hall–Kier alpha value is -4.51. The minimum Gasteiger partial charge on any atom is -0.454 e. The average molecular weight is 475 g/mol. The number of pyridine rings is 1. The number of carbonyl (C=O) groups excluding carboxylic acids is 2. The predicted molar refractivity (Wildman–Crippen MR) is 142 cm³/mol. The van der Waals surface area contributed by atoms with Crippen LogP contribution in [0.5, 0.6) is 0 Å². The Morgan fingerprint density at radius 1 is 0.778 bits per heavy atom. The summed E-state index contributed by atoms with van der Waals surface area (Å²) >= 11 is 0. The van der Waals surface area contributed by atoms with Gasteiger partial charge in [0.05, 0.1) is 16.8 Å². The van der Waals surface area contributed by atoms with Crippen LogP contribution in [0.15, 0.2) is 91.0 Å². The van der Waals surface area contributed by atoms with E-state index in [-0.39, 0.29) is 12.4 Å². The molecule has 0 amide bonds. The lowest BCUT2D eigenvalue weighted by Gasteiger charge is -2.11. The average Bonchev–Trinajstić information content (AvgIpc) is 3.18. The lowest BCUT2D eigenvalue weighted by Crippen LogP contribution is -2.15. The van der Waals surface area contributed by atoms with Crippen LogP contribution in [0.4, 0.5) is 0 Å². The first-order valence-electron chi connectivity index (χ1n) is 11.8. The molecule has 0 atom stereocenters. The molecule has 0 radical (unpaired) electrons. The van der Waals surface area contributed by atoms with Gasteiger partial charge in [0.25, 0.3) is 0 Å². The molecule has 0 saturated heterocycles. The van der Waals surface area contributed by atoms with Crippen molar-refractivity contribution < 1.29 is 14.3 Å². The smallest absolute Gasteiger partial charge is 0.339 e. The first kappa shape index (κ1) is 23.2. The van der Waals surface area contributed by atoms with Crippen molar-refractivity contribution in [2.24, 2.45) is 7.05 Å². The van der Waals surface area contributed by atoms with E-state index in [0.717, 1.165) is 28.1 Å². The van der Waals surface area contributed by atoms with E-state index in [2.05, 4.69) is 12.1 Å². The lowest BCUT2D eigenvalue weighted by molar-refractivity contribution is 0.0476. The van der Waals surface area contributed by atoms with Crippen molar-refractivity contribution >= 4 is 22.7 Å². The van der Waals surface area contributed by atoms with E-state index in [1.54, 1.807) is 6.07 Å². The van der Waals surface area contributed by atoms with E-state index in [0.29, 0.717) is 27.7 Å². The zero-order valence-electron chi connectivity index (χ0n) is 20.5. The molecular weight excluding hydrogens is 448 g/mol. The Balaban J connectivity index is 1.43. The van der Waals surface area contributed by atoms with E-state index in [1.807, 2.05) is 98.3 Å². The molecule has 0 aliphatic heterocycles. The number of hydrogen-bond acceptors (Lipinski definition) is 4. The topological polar surface area (TPSA) is 61.2 Å². The summed E-state index contributed by atoms with van der Waals surface area (Å²) in [5.74, 6) is -0.769. The van der Waals surface area contributed by atoms with Crippen molar-refractivity contribution in [3.8, 4) is 22.4 Å². The quantitative estimate of drug-likeness (QED) is 0.206. The van der Waals surface area contributed by atoms with E-state index < -0.39 is 5.97 Å². The fourth-order valence-electron chi connectivity index (χ4n) is 4.38. The largest absolute Gasteiger partial charge is 0.454 e. The van der Waals surface area contributed by atoms with Gasteiger partial charge in [-0.05, 0) is 43.2 Å². The molecule has 0 unspecified atom stereocenters. The first-order valence-corrected chi connectivity index (χ1v) is 11.8. The van der Waals surface area contributed by atoms with Crippen LogP contribution in [0.1, 0.15) is 32.1 Å². The predicted octanol–water partition coefficient (Wildman–Crippen LogP) is 6.56. The number of ketones is 1. The molecule has 3 aromatic carbocycles. The zero-order valence-corrected chi connectivity index (χ0v) is 20.5. The molecule has 2 heterocycles. The summed E-state index contributed by atoms with van der Waals surface area (Å²) in [7, 11) is 1.91. The maximum absolute atomic E-state index is 13.2. The molecule has 0 spiro atoms. The third-order valence-electron chi connectivity index (χ3n) is 6.63. The monoisotopic (exact) mass is 474 g/mol. The number of fused-ring (bicyclic) bond motifs is 1. The highest BCUT2D eigenvalue weighted by Crippen LogP contribution is 2.28. The van der Waals surface area contributed by atoms with Gasteiger partial charge < -0.3 is 9.30 Å². The first-order chi connectivity index (χ1) is 17.4. The number of benzene rings is 3. The summed E-state index contributed by atoms with van der Waals surface area (Å²) in [5, 5.41) is 0.686. The van der Waals surface area contributed by atoms with Crippen molar-refractivity contribution in [3.05, 3.63) is 114 Å². The maximum atomic E-state index is 13.2. The highest BCUT2D eigenvalue weighted by molar-refractivity contribution is 6.06. The summed E-state index contributed by atoms with van der Waals surface area (Å²) in [6.45, 7) is 3.50. The summed E-state index contributed by atoms with van der Waals surface area (Å²) in [6, 6.07) is 29.3. The van der Waals surface area contributed by atoms with Crippen LogP contribution in [-0.4, -0.2) is 27.9 Å². The molecule has 5 nitrogen and oxygen atoms in total. The van der Waals surface area contributed by atoms with Gasteiger partial charge in [0.1, 0.15) is 0 Å². The van der Waals surface area contributed by atoms with E-state index in [1.165, 1.54) is 0 Å². The minimum atomic E-state index is -0.547. The second-order valence-electron chi connectivity index (χ2n) is 8.86. The van der Waals surface area contributed by atoms with Crippen molar-refractivity contribution in [3.63, 3.8) is 0 Å². The molecule has 0 bridgehead atoms. The fourth-order valence-corrected chi connectivity index (χ4v) is 4.38. The second kappa shape index (κ2) is 9.62. The molecule has 5 aromatic rings. The maximum Gasteiger partial charge on any atom is 0.339 e. The van der Waals surface area contributed by atoms with Gasteiger partial charge in [0.2, 0.25) is 5.78 Å². The standard InChI is InChI=1S/C31H26N2O3/c1-20-17-26(21(2)33(20)3)30(34)19-36-31(35)27-18-29(32-28-12-8-7-11-25(27)28)24-15-13-23(14-16-24)22-9-5-4-6-10-22/h4-18H,19H2,1-3H3. The molecule has 36 heavy (non-hydrogen) atoms. The van der Waals surface area contributed by atoms with Crippen LogP contribution in [0.3, 0.4) is 0 Å². The van der Waals surface area contributed by atoms with E-state index in [4.69, 9.17) is 9.72 Å². The molecule has 0 N–H and O–H groups in total. The molecule has 0 aliphatic carbocycles. The van der Waals surface area contributed by atoms with Gasteiger partial charge in [-0.15, -0.1) is 0 Å². The van der Waals surface area contributed by atoms with Gasteiger partial charge in [-0.25, -0.2) is 9.78 Å².